The van der Waals surface area contributed by atoms with Gasteiger partial charge in [-0.05, 0) is 30.4 Å². The molecule has 1 aliphatic carbocycles. The zero-order chi connectivity index (χ0) is 14.8. The van der Waals surface area contributed by atoms with Crippen LogP contribution in [0.25, 0.3) is 0 Å². The number of para-hydroxylation sites is 1. The van der Waals surface area contributed by atoms with Gasteiger partial charge in [0.2, 0.25) is 0 Å². The zero-order valence-electron chi connectivity index (χ0n) is 11.5. The van der Waals surface area contributed by atoms with Crippen LogP contribution >= 0.6 is 23.1 Å². The first kappa shape index (κ1) is 14.2. The van der Waals surface area contributed by atoms with E-state index in [2.05, 4.69) is 15.3 Å². The van der Waals surface area contributed by atoms with Gasteiger partial charge in [0.25, 0.3) is 0 Å². The number of ether oxygens (including phenoxy) is 1. The Morgan fingerprint density at radius 2 is 2.24 bits per heavy atom. The number of aromatic nitrogens is 1. The second-order valence-corrected chi connectivity index (χ2v) is 6.05. The molecular formula is C15H14ClN3OS. The molecule has 1 saturated carbocycles. The summed E-state index contributed by atoms with van der Waals surface area (Å²) in [7, 11) is 1.67. The van der Waals surface area contributed by atoms with E-state index in [1.807, 2.05) is 24.3 Å². The normalized spacial score (nSPS) is 13.8. The van der Waals surface area contributed by atoms with Crippen LogP contribution in [0.1, 0.15) is 24.0 Å². The van der Waals surface area contributed by atoms with E-state index in [4.69, 9.17) is 16.3 Å². The first-order valence-electron chi connectivity index (χ1n) is 6.68. The van der Waals surface area contributed by atoms with E-state index in [0.717, 1.165) is 29.2 Å². The van der Waals surface area contributed by atoms with Gasteiger partial charge in [-0.15, -0.1) is 0 Å². The van der Waals surface area contributed by atoms with Gasteiger partial charge >= 0.3 is 0 Å². The molecule has 0 radical (unpaired) electrons. The van der Waals surface area contributed by atoms with E-state index in [0.29, 0.717) is 23.3 Å². The number of halogens is 1. The van der Waals surface area contributed by atoms with Crippen LogP contribution in [0, 0.1) is 11.3 Å². The third-order valence-electron chi connectivity index (χ3n) is 3.53. The fourth-order valence-corrected chi connectivity index (χ4v) is 3.42. The van der Waals surface area contributed by atoms with Crippen LogP contribution in [-0.4, -0.2) is 17.5 Å². The minimum atomic E-state index is 0.295. The van der Waals surface area contributed by atoms with Crippen molar-refractivity contribution in [1.82, 2.24) is 4.37 Å². The highest BCUT2D eigenvalue weighted by Gasteiger charge is 2.33. The molecule has 21 heavy (non-hydrogen) atoms. The molecule has 0 N–H and O–H groups in total. The van der Waals surface area contributed by atoms with Crippen LogP contribution in [0.2, 0.25) is 5.15 Å². The molecule has 0 spiro atoms. The molecule has 108 valence electrons. The standard InChI is InChI=1S/C15H14ClN3OS/c1-20-13-5-3-2-4-10(13)9-19(11-6-7-11)15-12(8-17)14(16)18-21-15/h2-5,11H,6-7,9H2,1H3. The van der Waals surface area contributed by atoms with Gasteiger partial charge in [-0.2, -0.15) is 9.64 Å². The van der Waals surface area contributed by atoms with Gasteiger partial charge in [-0.25, -0.2) is 0 Å². The molecule has 0 atom stereocenters. The van der Waals surface area contributed by atoms with Crippen molar-refractivity contribution in [2.75, 3.05) is 12.0 Å². The van der Waals surface area contributed by atoms with Crippen molar-refractivity contribution < 1.29 is 4.74 Å². The van der Waals surface area contributed by atoms with Gasteiger partial charge in [0.05, 0.1) is 7.11 Å². The van der Waals surface area contributed by atoms with E-state index in [1.54, 1.807) is 7.11 Å². The van der Waals surface area contributed by atoms with Gasteiger partial charge in [0, 0.05) is 18.2 Å². The molecule has 2 aromatic rings. The number of rotatable bonds is 5. The molecule has 1 aliphatic rings. The highest BCUT2D eigenvalue weighted by atomic mass is 35.5. The lowest BCUT2D eigenvalue weighted by molar-refractivity contribution is 0.409. The third kappa shape index (κ3) is 2.82. The number of hydrogen-bond acceptors (Lipinski definition) is 5. The molecule has 1 fully saturated rings. The average Bonchev–Trinajstić information content (AvgIpc) is 3.28. The zero-order valence-corrected chi connectivity index (χ0v) is 13.1. The Hall–Kier alpha value is -1.77. The largest absolute Gasteiger partial charge is 0.496 e. The van der Waals surface area contributed by atoms with Crippen LogP contribution in [0.5, 0.6) is 5.75 Å². The maximum absolute atomic E-state index is 9.29. The molecule has 0 unspecified atom stereocenters. The Morgan fingerprint density at radius 3 is 2.90 bits per heavy atom. The number of benzene rings is 1. The van der Waals surface area contributed by atoms with Crippen molar-refractivity contribution in [2.45, 2.75) is 25.4 Å². The first-order chi connectivity index (χ1) is 10.2. The summed E-state index contributed by atoms with van der Waals surface area (Å²) in [5.74, 6) is 0.859. The number of hydrogen-bond donors (Lipinski definition) is 0. The molecule has 1 heterocycles. The Labute approximate surface area is 132 Å². The Balaban J connectivity index is 1.94. The summed E-state index contributed by atoms with van der Waals surface area (Å²) in [4.78, 5) is 2.22. The van der Waals surface area contributed by atoms with E-state index in [-0.39, 0.29) is 0 Å². The molecule has 4 nitrogen and oxygen atoms in total. The summed E-state index contributed by atoms with van der Waals surface area (Å²) in [6, 6.07) is 10.6. The molecular weight excluding hydrogens is 306 g/mol. The lowest BCUT2D eigenvalue weighted by Gasteiger charge is -2.23. The molecule has 0 saturated heterocycles. The van der Waals surface area contributed by atoms with Crippen LogP contribution in [0.4, 0.5) is 5.00 Å². The average molecular weight is 320 g/mol. The monoisotopic (exact) mass is 319 g/mol. The Kier molecular flexibility index (Phi) is 4.00. The third-order valence-corrected chi connectivity index (χ3v) is 4.79. The summed E-state index contributed by atoms with van der Waals surface area (Å²) >= 11 is 7.29. The quantitative estimate of drug-likeness (QED) is 0.840. The Morgan fingerprint density at radius 1 is 1.48 bits per heavy atom. The number of anilines is 1. The highest BCUT2D eigenvalue weighted by Crippen LogP contribution is 2.40. The van der Waals surface area contributed by atoms with Gasteiger partial charge in [-0.1, -0.05) is 29.8 Å². The van der Waals surface area contributed by atoms with Crippen LogP contribution in [0.3, 0.4) is 0 Å². The molecule has 6 heteroatoms. The van der Waals surface area contributed by atoms with Gasteiger partial charge in [0.15, 0.2) is 5.15 Å². The van der Waals surface area contributed by atoms with Crippen molar-refractivity contribution in [1.29, 1.82) is 5.26 Å². The SMILES string of the molecule is COc1ccccc1CN(c1snc(Cl)c1C#N)C1CC1. The van der Waals surface area contributed by atoms with Gasteiger partial charge < -0.3 is 9.64 Å². The molecule has 1 aromatic carbocycles. The number of nitriles is 1. The lowest BCUT2D eigenvalue weighted by atomic mass is 10.2. The van der Waals surface area contributed by atoms with Crippen LogP contribution in [0.15, 0.2) is 24.3 Å². The molecule has 1 aromatic heterocycles. The number of methoxy groups -OCH3 is 1. The first-order valence-corrected chi connectivity index (χ1v) is 7.83. The minimum absolute atomic E-state index is 0.295. The predicted molar refractivity (Wildman–Crippen MR) is 84.0 cm³/mol. The summed E-state index contributed by atoms with van der Waals surface area (Å²) in [6.45, 7) is 0.696. The second-order valence-electron chi connectivity index (χ2n) is 4.94. The van der Waals surface area contributed by atoms with Crippen LogP contribution < -0.4 is 9.64 Å². The van der Waals surface area contributed by atoms with E-state index in [1.165, 1.54) is 11.5 Å². The smallest absolute Gasteiger partial charge is 0.162 e. The predicted octanol–water partition coefficient (Wildman–Crippen LogP) is 3.85. The van der Waals surface area contributed by atoms with Gasteiger partial charge in [-0.3, -0.25) is 0 Å². The van der Waals surface area contributed by atoms with Crippen molar-refractivity contribution in [3.05, 3.63) is 40.5 Å². The molecule has 0 aliphatic heterocycles. The molecule has 0 bridgehead atoms. The summed E-state index contributed by atoms with van der Waals surface area (Å²) < 4.78 is 9.53. The van der Waals surface area contributed by atoms with E-state index < -0.39 is 0 Å². The number of nitrogens with zero attached hydrogens (tertiary/aromatic N) is 3. The van der Waals surface area contributed by atoms with E-state index >= 15 is 0 Å². The summed E-state index contributed by atoms with van der Waals surface area (Å²) in [5, 5.41) is 10.4. The van der Waals surface area contributed by atoms with Crippen molar-refractivity contribution in [3.63, 3.8) is 0 Å². The highest BCUT2D eigenvalue weighted by molar-refractivity contribution is 7.10. The summed E-state index contributed by atoms with van der Waals surface area (Å²) in [5.41, 5.74) is 1.57. The fraction of sp³-hybridized carbons (Fsp3) is 0.333. The minimum Gasteiger partial charge on any atom is -0.496 e. The van der Waals surface area contributed by atoms with Crippen molar-refractivity contribution >= 4 is 28.1 Å². The molecule has 3 rings (SSSR count). The van der Waals surface area contributed by atoms with E-state index in [9.17, 15) is 5.26 Å². The summed E-state index contributed by atoms with van der Waals surface area (Å²) in [6.07, 6.45) is 2.27. The Bertz CT molecular complexity index is 690. The van der Waals surface area contributed by atoms with Crippen molar-refractivity contribution in [3.8, 4) is 11.8 Å². The lowest BCUT2D eigenvalue weighted by Crippen LogP contribution is -2.25. The second kappa shape index (κ2) is 5.92. The molecule has 0 amide bonds. The van der Waals surface area contributed by atoms with Gasteiger partial charge in [0.1, 0.15) is 22.4 Å². The maximum Gasteiger partial charge on any atom is 0.162 e. The topological polar surface area (TPSA) is 49.1 Å². The van der Waals surface area contributed by atoms with Crippen LogP contribution in [-0.2, 0) is 6.54 Å². The van der Waals surface area contributed by atoms with Crippen molar-refractivity contribution in [2.24, 2.45) is 0 Å². The maximum atomic E-state index is 9.29. The fourth-order valence-electron chi connectivity index (χ4n) is 2.32.